The number of amides is 1. The zero-order valence-corrected chi connectivity index (χ0v) is 18.6. The molecule has 0 aliphatic carbocycles. The Morgan fingerprint density at radius 3 is 2.74 bits per heavy atom. The molecule has 3 aromatic heterocycles. The average Bonchev–Trinajstić information content (AvgIpc) is 3.19. The molecular weight excluding hydrogens is 449 g/mol. The number of likely N-dealkylation sites (N-methyl/N-ethyl adjacent to an activating group) is 1. The molecule has 0 saturated heterocycles. The fraction of sp³-hybridized carbons (Fsp3) is 0.304. The fourth-order valence-electron chi connectivity index (χ4n) is 4.44. The number of pyridine rings is 2. The quantitative estimate of drug-likeness (QED) is 0.479. The zero-order valence-electron chi connectivity index (χ0n) is 18.6. The lowest BCUT2D eigenvalue weighted by Crippen LogP contribution is -2.37. The lowest BCUT2D eigenvalue weighted by atomic mass is 9.95. The van der Waals surface area contributed by atoms with Crippen LogP contribution in [0.4, 0.5) is 19.0 Å². The Bertz CT molecular complexity index is 1460. The monoisotopic (exact) mass is 470 g/mol. The molecule has 0 fully saturated rings. The Hall–Kier alpha value is -3.73. The van der Waals surface area contributed by atoms with Crippen LogP contribution in [0.5, 0.6) is 0 Å². The molecule has 11 heteroatoms. The van der Waals surface area contributed by atoms with Gasteiger partial charge in [0.25, 0.3) is 5.91 Å². The molecule has 0 saturated carbocycles. The van der Waals surface area contributed by atoms with Crippen LogP contribution in [0.2, 0.25) is 0 Å². The number of anilines is 1. The van der Waals surface area contributed by atoms with E-state index in [4.69, 9.17) is 10.5 Å². The Balaban J connectivity index is 1.56. The van der Waals surface area contributed by atoms with Gasteiger partial charge in [-0.15, -0.1) is 0 Å². The van der Waals surface area contributed by atoms with Crippen molar-refractivity contribution in [3.05, 3.63) is 58.4 Å². The van der Waals surface area contributed by atoms with Crippen LogP contribution in [0.3, 0.4) is 0 Å². The van der Waals surface area contributed by atoms with E-state index in [-0.39, 0.29) is 19.1 Å². The van der Waals surface area contributed by atoms with Gasteiger partial charge < -0.3 is 15.4 Å². The second kappa shape index (κ2) is 7.66. The number of alkyl halides is 3. The van der Waals surface area contributed by atoms with Crippen LogP contribution >= 0.6 is 0 Å². The second-order valence-electron chi connectivity index (χ2n) is 8.38. The van der Waals surface area contributed by atoms with E-state index in [1.165, 1.54) is 11.0 Å². The van der Waals surface area contributed by atoms with Crippen molar-refractivity contribution in [3.8, 4) is 0 Å². The number of benzene rings is 1. The van der Waals surface area contributed by atoms with E-state index in [1.807, 2.05) is 0 Å². The first-order valence-corrected chi connectivity index (χ1v) is 10.5. The second-order valence-corrected chi connectivity index (χ2v) is 8.38. The van der Waals surface area contributed by atoms with E-state index < -0.39 is 17.8 Å². The summed E-state index contributed by atoms with van der Waals surface area (Å²) in [6.07, 6.45) is -2.85. The van der Waals surface area contributed by atoms with E-state index in [0.29, 0.717) is 50.1 Å². The maximum Gasteiger partial charge on any atom is 0.416 e. The molecule has 4 heterocycles. The molecule has 1 amide bonds. The summed E-state index contributed by atoms with van der Waals surface area (Å²) in [7, 11) is 3.37. The van der Waals surface area contributed by atoms with E-state index in [1.54, 1.807) is 38.0 Å². The molecule has 8 nitrogen and oxygen atoms in total. The highest BCUT2D eigenvalue weighted by molar-refractivity contribution is 6.09. The lowest BCUT2D eigenvalue weighted by molar-refractivity contribution is -0.137. The minimum atomic E-state index is -4.45. The minimum absolute atomic E-state index is 0.0555. The van der Waals surface area contributed by atoms with Crippen LogP contribution in [0, 0.1) is 6.92 Å². The molecular formula is C23H21F3N6O2. The molecule has 5 rings (SSSR count). The van der Waals surface area contributed by atoms with Crippen molar-refractivity contribution < 1.29 is 22.7 Å². The van der Waals surface area contributed by atoms with Gasteiger partial charge in [-0.3, -0.25) is 9.48 Å². The van der Waals surface area contributed by atoms with Crippen LogP contribution < -0.4 is 5.73 Å². The number of halogens is 3. The number of hydrogen-bond donors (Lipinski definition) is 1. The van der Waals surface area contributed by atoms with Gasteiger partial charge in [0, 0.05) is 19.5 Å². The first-order valence-electron chi connectivity index (χ1n) is 10.5. The number of aromatic nitrogens is 4. The van der Waals surface area contributed by atoms with Gasteiger partial charge in [0.1, 0.15) is 5.82 Å². The molecule has 1 aliphatic rings. The van der Waals surface area contributed by atoms with Gasteiger partial charge >= 0.3 is 6.18 Å². The number of nitrogen functional groups attached to an aromatic ring is 1. The summed E-state index contributed by atoms with van der Waals surface area (Å²) in [4.78, 5) is 23.9. The third-order valence-corrected chi connectivity index (χ3v) is 6.27. The molecule has 1 aromatic carbocycles. The third kappa shape index (κ3) is 3.43. The summed E-state index contributed by atoms with van der Waals surface area (Å²) < 4.78 is 46.6. The number of rotatable bonds is 2. The predicted octanol–water partition coefficient (Wildman–Crippen LogP) is 3.77. The third-order valence-electron chi connectivity index (χ3n) is 6.27. The molecule has 4 aromatic rings. The molecule has 1 aliphatic heterocycles. The van der Waals surface area contributed by atoms with Crippen molar-refractivity contribution in [2.24, 2.45) is 7.05 Å². The van der Waals surface area contributed by atoms with Crippen molar-refractivity contribution >= 4 is 33.7 Å². The van der Waals surface area contributed by atoms with Gasteiger partial charge in [-0.1, -0.05) is 6.07 Å². The predicted molar refractivity (Wildman–Crippen MR) is 119 cm³/mol. The summed E-state index contributed by atoms with van der Waals surface area (Å²) in [5, 5.41) is 5.52. The Morgan fingerprint density at radius 2 is 2.00 bits per heavy atom. The van der Waals surface area contributed by atoms with Crippen molar-refractivity contribution in [2.75, 3.05) is 19.4 Å². The molecule has 0 unspecified atom stereocenters. The first-order chi connectivity index (χ1) is 16.1. The standard InChI is InChI=1S/C23H21F3N6O2/c1-11-15(7-16-19-17(8-28-32(19)3)20(27)30-21(16)29-11)22(33)31(2)18-10-34-9-12-6-13(23(24,25)26)4-5-14(12)18/h4-8,18H,9-10H2,1-3H3,(H2,27,29,30)/t18-/m1/s1. The van der Waals surface area contributed by atoms with Crippen LogP contribution in [0.25, 0.3) is 21.9 Å². The Kier molecular flexibility index (Phi) is 4.97. The van der Waals surface area contributed by atoms with Crippen LogP contribution in [-0.4, -0.2) is 44.2 Å². The van der Waals surface area contributed by atoms with Crippen LogP contribution in [0.1, 0.15) is 38.8 Å². The van der Waals surface area contributed by atoms with Gasteiger partial charge in [0.2, 0.25) is 0 Å². The molecule has 0 radical (unpaired) electrons. The average molecular weight is 470 g/mol. The van der Waals surface area contributed by atoms with Crippen LogP contribution in [0.15, 0.2) is 30.5 Å². The number of carbonyl (C=O) groups excluding carboxylic acids is 1. The van der Waals surface area contributed by atoms with Crippen molar-refractivity contribution in [3.63, 3.8) is 0 Å². The SMILES string of the molecule is Cc1nc2nc(N)c3cnn(C)c3c2cc1C(=O)N(C)[C@@H]1COCc2cc(C(F)(F)F)ccc21. The summed E-state index contributed by atoms with van der Waals surface area (Å²) in [5.41, 5.74) is 8.26. The number of fused-ring (bicyclic) bond motifs is 4. The zero-order chi connectivity index (χ0) is 24.4. The van der Waals surface area contributed by atoms with E-state index in [0.717, 1.165) is 12.1 Å². The smallest absolute Gasteiger partial charge is 0.383 e. The van der Waals surface area contributed by atoms with E-state index >= 15 is 0 Å². The highest BCUT2D eigenvalue weighted by atomic mass is 19.4. The summed E-state index contributed by atoms with van der Waals surface area (Å²) >= 11 is 0. The summed E-state index contributed by atoms with van der Waals surface area (Å²) in [6, 6.07) is 4.71. The number of hydrogen-bond acceptors (Lipinski definition) is 6. The normalized spacial score (nSPS) is 16.1. The van der Waals surface area contributed by atoms with Gasteiger partial charge in [0.15, 0.2) is 5.65 Å². The number of ether oxygens (including phenoxy) is 1. The van der Waals surface area contributed by atoms with Gasteiger partial charge in [-0.25, -0.2) is 9.97 Å². The number of carbonyl (C=O) groups is 1. The Morgan fingerprint density at radius 1 is 1.24 bits per heavy atom. The molecule has 176 valence electrons. The van der Waals surface area contributed by atoms with Gasteiger partial charge in [0.05, 0.1) is 53.2 Å². The molecule has 1 atom stereocenters. The first kappa shape index (κ1) is 22.1. The number of aryl methyl sites for hydroxylation is 2. The summed E-state index contributed by atoms with van der Waals surface area (Å²) in [5.74, 6) is -0.0340. The topological polar surface area (TPSA) is 99.2 Å². The molecule has 2 N–H and O–H groups in total. The molecule has 34 heavy (non-hydrogen) atoms. The Labute approximate surface area is 192 Å². The number of nitrogens with zero attached hydrogens (tertiary/aromatic N) is 5. The maximum absolute atomic E-state index is 13.6. The van der Waals surface area contributed by atoms with Crippen molar-refractivity contribution in [2.45, 2.75) is 25.7 Å². The fourth-order valence-corrected chi connectivity index (χ4v) is 4.44. The van der Waals surface area contributed by atoms with Crippen molar-refractivity contribution in [1.82, 2.24) is 24.6 Å². The minimum Gasteiger partial charge on any atom is -0.383 e. The van der Waals surface area contributed by atoms with Crippen LogP contribution in [-0.2, 0) is 24.6 Å². The van der Waals surface area contributed by atoms with Gasteiger partial charge in [-0.05, 0) is 36.2 Å². The number of nitrogens with two attached hydrogens (primary N) is 1. The summed E-state index contributed by atoms with van der Waals surface area (Å²) in [6.45, 7) is 1.93. The van der Waals surface area contributed by atoms with E-state index in [2.05, 4.69) is 15.1 Å². The van der Waals surface area contributed by atoms with E-state index in [9.17, 15) is 18.0 Å². The highest BCUT2D eigenvalue weighted by Crippen LogP contribution is 2.36. The van der Waals surface area contributed by atoms with Crippen molar-refractivity contribution in [1.29, 1.82) is 0 Å². The lowest BCUT2D eigenvalue weighted by Gasteiger charge is -2.33. The maximum atomic E-state index is 13.6. The van der Waals surface area contributed by atoms with Gasteiger partial charge in [-0.2, -0.15) is 18.3 Å². The molecule has 0 bridgehead atoms. The molecule has 0 spiro atoms. The highest BCUT2D eigenvalue weighted by Gasteiger charge is 2.34. The largest absolute Gasteiger partial charge is 0.416 e.